The highest BCUT2D eigenvalue weighted by atomic mass is 35.5. The molecule has 1 atom stereocenters. The van der Waals surface area contributed by atoms with E-state index < -0.39 is 17.4 Å². The highest BCUT2D eigenvalue weighted by molar-refractivity contribution is 6.30. The summed E-state index contributed by atoms with van der Waals surface area (Å²) >= 11 is 6.23. The second kappa shape index (κ2) is 9.78. The fourth-order valence-corrected chi connectivity index (χ4v) is 5.62. The van der Waals surface area contributed by atoms with Gasteiger partial charge in [0.25, 0.3) is 0 Å². The Labute approximate surface area is 209 Å². The molecule has 1 saturated carbocycles. The molecule has 7 heteroatoms. The highest BCUT2D eigenvalue weighted by Crippen LogP contribution is 2.49. The van der Waals surface area contributed by atoms with E-state index in [0.29, 0.717) is 10.9 Å². The van der Waals surface area contributed by atoms with E-state index in [-0.39, 0.29) is 23.8 Å². The lowest BCUT2D eigenvalue weighted by Gasteiger charge is -2.44. The van der Waals surface area contributed by atoms with Crippen LogP contribution in [0.25, 0.3) is 0 Å². The quantitative estimate of drug-likeness (QED) is 0.325. The molecule has 0 saturated heterocycles. The van der Waals surface area contributed by atoms with Crippen LogP contribution < -0.4 is 15.4 Å². The number of carboxylic acid groups (broad SMARTS) is 1. The zero-order chi connectivity index (χ0) is 24.4. The maximum Gasteiger partial charge on any atom is 0.335 e. The van der Waals surface area contributed by atoms with Gasteiger partial charge in [-0.15, -0.1) is 0 Å². The van der Waals surface area contributed by atoms with E-state index in [1.807, 2.05) is 48.5 Å². The molecule has 1 fully saturated rings. The maximum atomic E-state index is 14.7. The van der Waals surface area contributed by atoms with Crippen LogP contribution in [0.2, 0.25) is 5.02 Å². The summed E-state index contributed by atoms with van der Waals surface area (Å²) in [5.74, 6) is -1.50. The number of aromatic carboxylic acids is 1. The smallest absolute Gasteiger partial charge is 0.335 e. The first kappa shape index (κ1) is 23.5. The van der Waals surface area contributed by atoms with E-state index in [4.69, 9.17) is 21.4 Å². The summed E-state index contributed by atoms with van der Waals surface area (Å²) in [6, 6.07) is 19.7. The second-order valence-electron chi connectivity index (χ2n) is 9.38. The van der Waals surface area contributed by atoms with E-state index in [0.717, 1.165) is 48.7 Å². The molecular formula is C28H28ClFN2O3. The van der Waals surface area contributed by atoms with Gasteiger partial charge in [-0.1, -0.05) is 55.1 Å². The molecule has 0 amide bonds. The molecule has 0 spiro atoms. The third-order valence-corrected chi connectivity index (χ3v) is 7.51. The standard InChI is InChI=1S/C28H28ClFN2O3/c29-21-13-11-20(12-14-21)28(31-24-8-4-5-9-25(24)32-28)22(18-6-2-1-3-7-18)17-35-26-15-10-19(27(33)34)16-23(26)30/h4-5,8-16,18,22,31-32H,1-3,6-7,17H2,(H,33,34). The average Bonchev–Trinajstić information content (AvgIpc) is 3.26. The summed E-state index contributed by atoms with van der Waals surface area (Å²) in [4.78, 5) is 11.2. The lowest BCUT2D eigenvalue weighted by Crippen LogP contribution is -2.51. The normalized spacial score (nSPS) is 17.7. The van der Waals surface area contributed by atoms with E-state index in [1.165, 1.54) is 18.6 Å². The Balaban J connectivity index is 1.53. The van der Waals surface area contributed by atoms with Gasteiger partial charge in [0.1, 0.15) is 5.66 Å². The summed E-state index contributed by atoms with van der Waals surface area (Å²) in [5, 5.41) is 17.3. The molecule has 3 aromatic rings. The van der Waals surface area contributed by atoms with E-state index >= 15 is 0 Å². The average molecular weight is 495 g/mol. The molecule has 5 rings (SSSR count). The second-order valence-corrected chi connectivity index (χ2v) is 9.81. The lowest BCUT2D eigenvalue weighted by molar-refractivity contribution is 0.0696. The first-order valence-corrected chi connectivity index (χ1v) is 12.4. The van der Waals surface area contributed by atoms with Gasteiger partial charge in [0.15, 0.2) is 11.6 Å². The lowest BCUT2D eigenvalue weighted by atomic mass is 9.72. The molecule has 3 N–H and O–H groups in total. The Morgan fingerprint density at radius 3 is 2.29 bits per heavy atom. The van der Waals surface area contributed by atoms with Crippen molar-refractivity contribution in [3.05, 3.63) is 88.7 Å². The zero-order valence-electron chi connectivity index (χ0n) is 19.3. The minimum atomic E-state index is -1.17. The molecule has 35 heavy (non-hydrogen) atoms. The summed E-state index contributed by atoms with van der Waals surface area (Å²) in [5.41, 5.74) is 2.25. The maximum absolute atomic E-state index is 14.7. The van der Waals surface area contributed by atoms with Crippen LogP contribution in [0.5, 0.6) is 5.75 Å². The predicted molar refractivity (Wildman–Crippen MR) is 136 cm³/mol. The van der Waals surface area contributed by atoms with Crippen molar-refractivity contribution in [3.8, 4) is 5.75 Å². The highest BCUT2D eigenvalue weighted by Gasteiger charge is 2.48. The van der Waals surface area contributed by atoms with Gasteiger partial charge in [-0.2, -0.15) is 0 Å². The Kier molecular flexibility index (Phi) is 6.56. The molecule has 182 valence electrons. The number of nitrogens with one attached hydrogen (secondary N) is 2. The van der Waals surface area contributed by atoms with Crippen molar-refractivity contribution in [3.63, 3.8) is 0 Å². The topological polar surface area (TPSA) is 70.6 Å². The van der Waals surface area contributed by atoms with Crippen LogP contribution in [0.3, 0.4) is 0 Å². The molecular weight excluding hydrogens is 467 g/mol. The summed E-state index contributed by atoms with van der Waals surface area (Å²) in [6.07, 6.45) is 5.62. The van der Waals surface area contributed by atoms with Crippen molar-refractivity contribution >= 4 is 28.9 Å². The van der Waals surface area contributed by atoms with Crippen molar-refractivity contribution in [1.29, 1.82) is 0 Å². The number of hydrogen-bond acceptors (Lipinski definition) is 4. The van der Waals surface area contributed by atoms with Crippen LogP contribution in [0.1, 0.15) is 48.0 Å². The Morgan fingerprint density at radius 1 is 1.03 bits per heavy atom. The van der Waals surface area contributed by atoms with Gasteiger partial charge in [0, 0.05) is 10.9 Å². The van der Waals surface area contributed by atoms with Crippen molar-refractivity contribution in [2.24, 2.45) is 11.8 Å². The van der Waals surface area contributed by atoms with Crippen LogP contribution in [-0.4, -0.2) is 17.7 Å². The number of carbonyl (C=O) groups is 1. The molecule has 1 heterocycles. The Morgan fingerprint density at radius 2 is 1.69 bits per heavy atom. The van der Waals surface area contributed by atoms with E-state index in [9.17, 15) is 9.18 Å². The minimum absolute atomic E-state index is 0.0464. The number of anilines is 2. The monoisotopic (exact) mass is 494 g/mol. The molecule has 0 bridgehead atoms. The van der Waals surface area contributed by atoms with Gasteiger partial charge in [-0.25, -0.2) is 9.18 Å². The minimum Gasteiger partial charge on any atom is -0.490 e. The molecule has 0 radical (unpaired) electrons. The van der Waals surface area contributed by atoms with E-state index in [2.05, 4.69) is 10.6 Å². The van der Waals surface area contributed by atoms with Crippen molar-refractivity contribution < 1.29 is 19.0 Å². The number of carboxylic acids is 1. The van der Waals surface area contributed by atoms with Crippen LogP contribution in [0.4, 0.5) is 15.8 Å². The first-order chi connectivity index (χ1) is 17.0. The van der Waals surface area contributed by atoms with Gasteiger partial charge < -0.3 is 20.5 Å². The summed E-state index contributed by atoms with van der Waals surface area (Å²) in [7, 11) is 0. The molecule has 1 unspecified atom stereocenters. The van der Waals surface area contributed by atoms with Crippen LogP contribution >= 0.6 is 11.6 Å². The van der Waals surface area contributed by atoms with Gasteiger partial charge in [-0.05, 0) is 66.8 Å². The predicted octanol–water partition coefficient (Wildman–Crippen LogP) is 7.14. The molecule has 3 aromatic carbocycles. The summed E-state index contributed by atoms with van der Waals surface area (Å²) in [6.45, 7) is 0.255. The third kappa shape index (κ3) is 4.67. The molecule has 2 aliphatic rings. The molecule has 1 aliphatic heterocycles. The number of para-hydroxylation sites is 2. The number of halogens is 2. The SMILES string of the molecule is O=C(O)c1ccc(OCC(C2CCCCC2)C2(c3ccc(Cl)cc3)Nc3ccccc3N2)c(F)c1. The third-order valence-electron chi connectivity index (χ3n) is 7.26. The van der Waals surface area contributed by atoms with Crippen molar-refractivity contribution in [2.75, 3.05) is 17.2 Å². The fourth-order valence-electron chi connectivity index (χ4n) is 5.50. The summed E-state index contributed by atoms with van der Waals surface area (Å²) < 4.78 is 20.8. The number of rotatable bonds is 7. The van der Waals surface area contributed by atoms with Crippen LogP contribution in [0.15, 0.2) is 66.7 Å². The number of fused-ring (bicyclic) bond motifs is 1. The Bertz CT molecular complexity index is 1190. The van der Waals surface area contributed by atoms with Gasteiger partial charge in [0.05, 0.1) is 23.5 Å². The molecule has 1 aliphatic carbocycles. The molecule has 0 aromatic heterocycles. The van der Waals surface area contributed by atoms with Crippen LogP contribution in [-0.2, 0) is 5.66 Å². The molecule has 5 nitrogen and oxygen atoms in total. The Hall–Kier alpha value is -3.25. The van der Waals surface area contributed by atoms with Crippen molar-refractivity contribution in [1.82, 2.24) is 0 Å². The van der Waals surface area contributed by atoms with Crippen molar-refractivity contribution in [2.45, 2.75) is 37.8 Å². The van der Waals surface area contributed by atoms with Gasteiger partial charge in [0.2, 0.25) is 0 Å². The van der Waals surface area contributed by atoms with Gasteiger partial charge in [-0.3, -0.25) is 0 Å². The zero-order valence-corrected chi connectivity index (χ0v) is 20.0. The van der Waals surface area contributed by atoms with E-state index in [1.54, 1.807) is 0 Å². The van der Waals surface area contributed by atoms with Gasteiger partial charge >= 0.3 is 5.97 Å². The first-order valence-electron chi connectivity index (χ1n) is 12.0. The fraction of sp³-hybridized carbons (Fsp3) is 0.321. The largest absolute Gasteiger partial charge is 0.490 e. The number of benzene rings is 3. The number of hydrogen-bond donors (Lipinski definition) is 3. The van der Waals surface area contributed by atoms with Crippen LogP contribution in [0, 0.1) is 17.7 Å². The number of ether oxygens (including phenoxy) is 1.